The van der Waals surface area contributed by atoms with Gasteiger partial charge < -0.3 is 0 Å². The third kappa shape index (κ3) is 2.41. The normalized spacial score (nSPS) is 9.42. The van der Waals surface area contributed by atoms with E-state index in [9.17, 15) is 0 Å². The molecule has 12 heavy (non-hydrogen) atoms. The van der Waals surface area contributed by atoms with E-state index < -0.39 is 0 Å². The summed E-state index contributed by atoms with van der Waals surface area (Å²) in [6.07, 6.45) is 2.09. The van der Waals surface area contributed by atoms with Crippen molar-refractivity contribution in [1.29, 1.82) is 5.26 Å². The molecule has 61 valence electrons. The molecule has 1 rings (SSSR count). The van der Waals surface area contributed by atoms with Crippen LogP contribution in [0.5, 0.6) is 0 Å². The Morgan fingerprint density at radius 1 is 1.42 bits per heavy atom. The number of hydrogen-bond donors (Lipinski definition) is 0. The minimum atomic E-state index is 0.347. The van der Waals surface area contributed by atoms with Crippen LogP contribution in [-0.2, 0) is 0 Å². The first-order chi connectivity index (χ1) is 5.74. The minimum absolute atomic E-state index is 0.347. The van der Waals surface area contributed by atoms with Gasteiger partial charge in [0.05, 0.1) is 6.07 Å². The molecular weight excluding hydrogens is 193 g/mol. The van der Waals surface area contributed by atoms with Crippen molar-refractivity contribution in [2.24, 2.45) is 0 Å². The maximum Gasteiger partial charge on any atom is 0.0628 e. The van der Waals surface area contributed by atoms with Crippen LogP contribution in [0.25, 0.3) is 0 Å². The summed E-state index contributed by atoms with van der Waals surface area (Å²) in [5.74, 6) is 0. The van der Waals surface area contributed by atoms with Crippen LogP contribution in [0, 0.1) is 17.8 Å². The van der Waals surface area contributed by atoms with Gasteiger partial charge in [-0.15, -0.1) is 0 Å². The van der Waals surface area contributed by atoms with Crippen LogP contribution >= 0.6 is 23.2 Å². The molecule has 0 atom stereocenters. The molecule has 1 aromatic rings. The molecule has 3 heteroatoms. The average molecular weight is 199 g/mol. The van der Waals surface area contributed by atoms with Crippen molar-refractivity contribution < 1.29 is 0 Å². The number of halogens is 2. The van der Waals surface area contributed by atoms with Gasteiger partial charge in [-0.1, -0.05) is 23.2 Å². The molecule has 0 unspecified atom stereocenters. The standard InChI is InChI=1S/C9H6Cl2N/c10-8-3-4-9(11)7(6-8)2-1-5-12/h2-4,6H,1H2. The van der Waals surface area contributed by atoms with Crippen molar-refractivity contribution >= 4 is 23.2 Å². The fourth-order valence-corrected chi connectivity index (χ4v) is 1.20. The maximum absolute atomic E-state index is 8.33. The fourth-order valence-electron chi connectivity index (χ4n) is 0.827. The molecule has 0 aliphatic heterocycles. The summed E-state index contributed by atoms with van der Waals surface area (Å²) in [7, 11) is 0. The lowest BCUT2D eigenvalue weighted by Gasteiger charge is -2.00. The molecule has 0 saturated carbocycles. The van der Waals surface area contributed by atoms with E-state index in [1.54, 1.807) is 24.6 Å². The largest absolute Gasteiger partial charge is 0.198 e. The van der Waals surface area contributed by atoms with Crippen LogP contribution in [-0.4, -0.2) is 0 Å². The van der Waals surface area contributed by atoms with Crippen LogP contribution < -0.4 is 0 Å². The maximum atomic E-state index is 8.33. The van der Waals surface area contributed by atoms with Crippen molar-refractivity contribution in [2.45, 2.75) is 6.42 Å². The van der Waals surface area contributed by atoms with E-state index in [-0.39, 0.29) is 0 Å². The first-order valence-corrected chi connectivity index (χ1v) is 4.15. The number of hydrogen-bond acceptors (Lipinski definition) is 1. The molecule has 0 bridgehead atoms. The highest BCUT2D eigenvalue weighted by atomic mass is 35.5. The highest BCUT2D eigenvalue weighted by Gasteiger charge is 2.00. The molecule has 0 aliphatic carbocycles. The molecule has 1 aromatic carbocycles. The quantitative estimate of drug-likeness (QED) is 0.715. The molecule has 0 aliphatic rings. The molecule has 1 nitrogen and oxygen atoms in total. The van der Waals surface area contributed by atoms with Crippen molar-refractivity contribution in [3.63, 3.8) is 0 Å². The van der Waals surface area contributed by atoms with Gasteiger partial charge in [-0.2, -0.15) is 5.26 Å². The third-order valence-corrected chi connectivity index (χ3v) is 1.95. The lowest BCUT2D eigenvalue weighted by molar-refractivity contribution is 1.24. The number of nitrogens with zero attached hydrogens (tertiary/aromatic N) is 1. The monoisotopic (exact) mass is 198 g/mol. The molecular formula is C9H6Cl2N. The molecule has 0 spiro atoms. The molecule has 1 radical (unpaired) electrons. The second kappa shape index (κ2) is 4.35. The number of nitriles is 1. The topological polar surface area (TPSA) is 23.8 Å². The Hall–Kier alpha value is -0.710. The molecule has 0 amide bonds. The van der Waals surface area contributed by atoms with Crippen LogP contribution in [0.2, 0.25) is 10.0 Å². The van der Waals surface area contributed by atoms with E-state index in [1.165, 1.54) is 0 Å². The van der Waals surface area contributed by atoms with E-state index in [4.69, 9.17) is 28.5 Å². The summed E-state index contributed by atoms with van der Waals surface area (Å²) in [5, 5.41) is 9.58. The van der Waals surface area contributed by atoms with Crippen LogP contribution in [0.4, 0.5) is 0 Å². The van der Waals surface area contributed by atoms with Crippen molar-refractivity contribution in [3.05, 3.63) is 40.2 Å². The minimum Gasteiger partial charge on any atom is -0.198 e. The second-order valence-corrected chi connectivity index (χ2v) is 3.08. The molecule has 0 heterocycles. The van der Waals surface area contributed by atoms with Gasteiger partial charge in [0.1, 0.15) is 0 Å². The van der Waals surface area contributed by atoms with E-state index >= 15 is 0 Å². The lowest BCUT2D eigenvalue weighted by Crippen LogP contribution is -1.82. The predicted molar refractivity (Wildman–Crippen MR) is 50.1 cm³/mol. The average Bonchev–Trinajstić information content (AvgIpc) is 2.07. The van der Waals surface area contributed by atoms with Crippen molar-refractivity contribution in [3.8, 4) is 6.07 Å². The highest BCUT2D eigenvalue weighted by Crippen LogP contribution is 2.22. The zero-order valence-corrected chi connectivity index (χ0v) is 7.73. The van der Waals surface area contributed by atoms with Gasteiger partial charge in [0.2, 0.25) is 0 Å². The zero-order valence-electron chi connectivity index (χ0n) is 6.22. The molecule has 0 saturated heterocycles. The zero-order chi connectivity index (χ0) is 8.97. The summed E-state index contributed by atoms with van der Waals surface area (Å²) in [6, 6.07) is 7.17. The van der Waals surface area contributed by atoms with Crippen molar-refractivity contribution in [1.82, 2.24) is 0 Å². The fraction of sp³-hybridized carbons (Fsp3) is 0.111. The van der Waals surface area contributed by atoms with Gasteiger partial charge in [-0.3, -0.25) is 0 Å². The van der Waals surface area contributed by atoms with E-state index in [2.05, 4.69) is 0 Å². The summed E-state index contributed by atoms with van der Waals surface area (Å²) < 4.78 is 0. The van der Waals surface area contributed by atoms with Crippen LogP contribution in [0.15, 0.2) is 18.2 Å². The third-order valence-electron chi connectivity index (χ3n) is 1.37. The van der Waals surface area contributed by atoms with Crippen LogP contribution in [0.3, 0.4) is 0 Å². The highest BCUT2D eigenvalue weighted by molar-refractivity contribution is 6.33. The smallest absolute Gasteiger partial charge is 0.0628 e. The van der Waals surface area contributed by atoms with Gasteiger partial charge in [-0.05, 0) is 23.8 Å². The van der Waals surface area contributed by atoms with Gasteiger partial charge in [0.25, 0.3) is 0 Å². The lowest BCUT2D eigenvalue weighted by atomic mass is 10.1. The Labute approximate surface area is 81.5 Å². The number of rotatable bonds is 2. The Kier molecular flexibility index (Phi) is 3.40. The van der Waals surface area contributed by atoms with E-state index in [0.29, 0.717) is 16.5 Å². The van der Waals surface area contributed by atoms with Gasteiger partial charge in [0.15, 0.2) is 0 Å². The molecule has 0 aromatic heterocycles. The van der Waals surface area contributed by atoms with Crippen LogP contribution in [0.1, 0.15) is 12.0 Å². The summed E-state index contributed by atoms with van der Waals surface area (Å²) in [5.41, 5.74) is 0.811. The van der Waals surface area contributed by atoms with E-state index in [0.717, 1.165) is 5.56 Å². The Bertz CT molecular complexity index is 315. The Morgan fingerprint density at radius 3 is 2.83 bits per heavy atom. The summed E-state index contributed by atoms with van der Waals surface area (Å²) >= 11 is 11.6. The Balaban J connectivity index is 2.84. The van der Waals surface area contributed by atoms with Gasteiger partial charge in [0, 0.05) is 22.9 Å². The summed E-state index contributed by atoms with van der Waals surface area (Å²) in [4.78, 5) is 0. The second-order valence-electron chi connectivity index (χ2n) is 2.23. The summed E-state index contributed by atoms with van der Waals surface area (Å²) in [6.45, 7) is 0. The SMILES string of the molecule is N#CC[CH]c1cc(Cl)ccc1Cl. The van der Waals surface area contributed by atoms with E-state index in [1.807, 2.05) is 6.07 Å². The first-order valence-electron chi connectivity index (χ1n) is 3.39. The Morgan fingerprint density at radius 2 is 2.17 bits per heavy atom. The first kappa shape index (κ1) is 9.38. The van der Waals surface area contributed by atoms with Crippen molar-refractivity contribution in [2.75, 3.05) is 0 Å². The predicted octanol–water partition coefficient (Wildman–Crippen LogP) is 3.46. The number of benzene rings is 1. The molecule has 0 fully saturated rings. The van der Waals surface area contributed by atoms with Gasteiger partial charge in [-0.25, -0.2) is 0 Å². The van der Waals surface area contributed by atoms with Gasteiger partial charge >= 0.3 is 0 Å². The molecule has 0 N–H and O–H groups in total.